The summed E-state index contributed by atoms with van der Waals surface area (Å²) in [5.74, 6) is 4.54. The molecule has 0 amide bonds. The van der Waals surface area contributed by atoms with Gasteiger partial charge in [0.2, 0.25) is 0 Å². The highest BCUT2D eigenvalue weighted by Gasteiger charge is 2.65. The highest BCUT2D eigenvalue weighted by atomic mass is 16.6. The summed E-state index contributed by atoms with van der Waals surface area (Å²) >= 11 is 0. The van der Waals surface area contributed by atoms with Crippen LogP contribution in [0.15, 0.2) is 11.6 Å². The number of fused-ring (bicyclic) bond motifs is 5. The van der Waals surface area contributed by atoms with Crippen LogP contribution < -0.4 is 0 Å². The monoisotopic (exact) mass is 398 g/mol. The first kappa shape index (κ1) is 20.3. The maximum Gasteiger partial charge on any atom is 0.155 e. The Labute approximate surface area is 178 Å². The quantitative estimate of drug-likeness (QED) is 0.480. The molecule has 0 radical (unpaired) electrons. The normalized spacial score (nSPS) is 48.7. The van der Waals surface area contributed by atoms with E-state index in [-0.39, 0.29) is 5.60 Å². The van der Waals surface area contributed by atoms with Gasteiger partial charge >= 0.3 is 0 Å². The number of epoxide rings is 1. The second kappa shape index (κ2) is 6.94. The summed E-state index contributed by atoms with van der Waals surface area (Å²) in [4.78, 5) is 12.1. The predicted octanol–water partition coefficient (Wildman–Crippen LogP) is 6.73. The van der Waals surface area contributed by atoms with E-state index in [9.17, 15) is 4.79 Å². The van der Waals surface area contributed by atoms with Crippen LogP contribution in [0.25, 0.3) is 0 Å². The first-order valence-electron chi connectivity index (χ1n) is 12.7. The fourth-order valence-corrected chi connectivity index (χ4v) is 8.85. The Kier molecular flexibility index (Phi) is 4.85. The third-order valence-corrected chi connectivity index (χ3v) is 10.5. The molecule has 1 heterocycles. The molecule has 0 aromatic heterocycles. The van der Waals surface area contributed by atoms with E-state index in [1.807, 2.05) is 6.08 Å². The molecular weight excluding hydrogens is 356 g/mol. The van der Waals surface area contributed by atoms with Crippen LogP contribution in [0.5, 0.6) is 0 Å². The number of rotatable bonds is 5. The number of hydrogen-bond acceptors (Lipinski definition) is 2. The molecule has 162 valence electrons. The highest BCUT2D eigenvalue weighted by molar-refractivity contribution is 5.91. The van der Waals surface area contributed by atoms with Crippen molar-refractivity contribution in [1.82, 2.24) is 0 Å². The van der Waals surface area contributed by atoms with Crippen LogP contribution in [-0.2, 0) is 9.53 Å². The minimum Gasteiger partial charge on any atom is -0.369 e. The molecular formula is C27H42O2. The summed E-state index contributed by atoms with van der Waals surface area (Å²) in [6.45, 7) is 10.9. The molecule has 0 N–H and O–H groups in total. The van der Waals surface area contributed by atoms with Gasteiger partial charge in [0.1, 0.15) is 0 Å². The van der Waals surface area contributed by atoms with Crippen molar-refractivity contribution in [3.8, 4) is 0 Å². The van der Waals surface area contributed by atoms with E-state index in [4.69, 9.17) is 4.74 Å². The van der Waals surface area contributed by atoms with E-state index in [1.54, 1.807) is 0 Å². The van der Waals surface area contributed by atoms with E-state index >= 15 is 0 Å². The number of allylic oxidation sites excluding steroid dienone is 1. The number of hydrogen-bond donors (Lipinski definition) is 0. The molecule has 5 rings (SSSR count). The topological polar surface area (TPSA) is 29.6 Å². The van der Waals surface area contributed by atoms with Gasteiger partial charge in [0.15, 0.2) is 5.78 Å². The van der Waals surface area contributed by atoms with Gasteiger partial charge in [-0.25, -0.2) is 0 Å². The first-order chi connectivity index (χ1) is 13.8. The van der Waals surface area contributed by atoms with Gasteiger partial charge in [-0.05, 0) is 97.9 Å². The van der Waals surface area contributed by atoms with Gasteiger partial charge < -0.3 is 4.74 Å². The van der Waals surface area contributed by atoms with Crippen molar-refractivity contribution in [2.45, 2.75) is 104 Å². The Balaban J connectivity index is 1.35. The average molecular weight is 399 g/mol. The second-order valence-electron chi connectivity index (χ2n) is 12.3. The molecule has 0 spiro atoms. The van der Waals surface area contributed by atoms with Gasteiger partial charge in [-0.1, -0.05) is 46.1 Å². The van der Waals surface area contributed by atoms with Crippen molar-refractivity contribution >= 4 is 5.78 Å². The molecule has 0 aromatic rings. The zero-order valence-electron chi connectivity index (χ0n) is 19.3. The van der Waals surface area contributed by atoms with Gasteiger partial charge in [-0.15, -0.1) is 0 Å². The maximum absolute atomic E-state index is 12.1. The third-order valence-electron chi connectivity index (χ3n) is 10.5. The van der Waals surface area contributed by atoms with Crippen molar-refractivity contribution in [3.63, 3.8) is 0 Å². The summed E-state index contributed by atoms with van der Waals surface area (Å²) in [6.07, 6.45) is 16.0. The zero-order chi connectivity index (χ0) is 20.4. The van der Waals surface area contributed by atoms with Crippen molar-refractivity contribution in [2.24, 2.45) is 40.4 Å². The Bertz CT molecular complexity index is 701. The largest absolute Gasteiger partial charge is 0.369 e. The van der Waals surface area contributed by atoms with Gasteiger partial charge in [0.25, 0.3) is 0 Å². The SMILES string of the molecule is CC(C)CCC[C@]1([C@H]2CC[C@H]3[C@@H]4CCC5=CC(=O)CC[C@]5(C)[C@H]4CC[C@]23C)CO1. The van der Waals surface area contributed by atoms with Crippen molar-refractivity contribution in [1.29, 1.82) is 0 Å². The summed E-state index contributed by atoms with van der Waals surface area (Å²) in [6, 6.07) is 0. The molecule has 29 heavy (non-hydrogen) atoms. The van der Waals surface area contributed by atoms with E-state index in [0.717, 1.165) is 49.0 Å². The molecule has 3 saturated carbocycles. The summed E-state index contributed by atoms with van der Waals surface area (Å²) in [7, 11) is 0. The van der Waals surface area contributed by atoms with Crippen LogP contribution >= 0.6 is 0 Å². The number of carbonyl (C=O) groups is 1. The van der Waals surface area contributed by atoms with Crippen molar-refractivity contribution in [2.75, 3.05) is 6.61 Å². The molecule has 2 nitrogen and oxygen atoms in total. The van der Waals surface area contributed by atoms with Gasteiger partial charge in [-0.3, -0.25) is 4.79 Å². The van der Waals surface area contributed by atoms with Gasteiger partial charge in [0.05, 0.1) is 12.2 Å². The van der Waals surface area contributed by atoms with E-state index in [1.165, 1.54) is 63.4 Å². The molecule has 0 aromatic carbocycles. The van der Waals surface area contributed by atoms with Crippen molar-refractivity contribution in [3.05, 3.63) is 11.6 Å². The molecule has 0 bridgehead atoms. The molecule has 4 fully saturated rings. The Hall–Kier alpha value is -0.630. The lowest BCUT2D eigenvalue weighted by atomic mass is 9.46. The summed E-state index contributed by atoms with van der Waals surface area (Å²) in [5, 5.41) is 0. The standard InChI is InChI=1S/C27H42O2/c1-18(2)6-5-13-27(17-29-27)24-10-9-22-21-8-7-19-16-20(28)11-14-25(19,3)23(21)12-15-26(22,24)4/h16,18,21-24H,5-15,17H2,1-4H3/t21-,22-,23-,24-,25-,26-,27+/m0/s1. The molecule has 2 heteroatoms. The number of ether oxygens (including phenoxy) is 1. The smallest absolute Gasteiger partial charge is 0.155 e. The second-order valence-corrected chi connectivity index (χ2v) is 12.3. The summed E-state index contributed by atoms with van der Waals surface area (Å²) in [5.41, 5.74) is 2.52. The average Bonchev–Trinajstić information content (AvgIpc) is 3.35. The van der Waals surface area contributed by atoms with E-state index in [0.29, 0.717) is 16.6 Å². The van der Waals surface area contributed by atoms with Crippen LogP contribution in [0.1, 0.15) is 98.3 Å². The molecule has 7 atom stereocenters. The van der Waals surface area contributed by atoms with Crippen molar-refractivity contribution < 1.29 is 9.53 Å². The van der Waals surface area contributed by atoms with Gasteiger partial charge in [0, 0.05) is 6.42 Å². The lowest BCUT2D eigenvalue weighted by molar-refractivity contribution is -0.117. The van der Waals surface area contributed by atoms with Crippen LogP contribution in [0.2, 0.25) is 0 Å². The minimum absolute atomic E-state index is 0.228. The number of carbonyl (C=O) groups excluding carboxylic acids is 1. The minimum atomic E-state index is 0.228. The highest BCUT2D eigenvalue weighted by Crippen LogP contribution is 2.69. The fourth-order valence-electron chi connectivity index (χ4n) is 8.85. The molecule has 4 aliphatic carbocycles. The zero-order valence-corrected chi connectivity index (χ0v) is 19.3. The van der Waals surface area contributed by atoms with Crippen LogP contribution in [0.3, 0.4) is 0 Å². The van der Waals surface area contributed by atoms with E-state index < -0.39 is 0 Å². The summed E-state index contributed by atoms with van der Waals surface area (Å²) < 4.78 is 6.28. The maximum atomic E-state index is 12.1. The number of ketones is 1. The lowest BCUT2D eigenvalue weighted by Gasteiger charge is -2.58. The lowest BCUT2D eigenvalue weighted by Crippen LogP contribution is -2.51. The molecule has 1 saturated heterocycles. The van der Waals surface area contributed by atoms with Crippen LogP contribution in [0.4, 0.5) is 0 Å². The van der Waals surface area contributed by atoms with Crippen LogP contribution in [-0.4, -0.2) is 18.0 Å². The van der Waals surface area contributed by atoms with E-state index in [2.05, 4.69) is 27.7 Å². The molecule has 0 unspecified atom stereocenters. The Morgan fingerprint density at radius 2 is 1.86 bits per heavy atom. The first-order valence-corrected chi connectivity index (χ1v) is 12.7. The fraction of sp³-hybridized carbons (Fsp3) is 0.889. The van der Waals surface area contributed by atoms with Gasteiger partial charge in [-0.2, -0.15) is 0 Å². The molecule has 5 aliphatic rings. The Morgan fingerprint density at radius 3 is 2.59 bits per heavy atom. The molecule has 1 aliphatic heterocycles. The predicted molar refractivity (Wildman–Crippen MR) is 118 cm³/mol. The van der Waals surface area contributed by atoms with Crippen LogP contribution in [0, 0.1) is 40.4 Å². The Morgan fingerprint density at radius 1 is 1.07 bits per heavy atom. The third kappa shape index (κ3) is 3.10.